The number of thiophene rings is 1. The number of aromatic nitrogens is 4. The molecule has 0 saturated carbocycles. The van der Waals surface area contributed by atoms with Gasteiger partial charge in [-0.05, 0) is 51.2 Å². The Bertz CT molecular complexity index is 3490. The summed E-state index contributed by atoms with van der Waals surface area (Å²) in [6.07, 6.45) is 1.25. The van der Waals surface area contributed by atoms with Crippen LogP contribution in [0.25, 0.3) is 115 Å². The van der Waals surface area contributed by atoms with E-state index in [0.29, 0.717) is 17.6 Å². The van der Waals surface area contributed by atoms with Gasteiger partial charge in [-0.2, -0.15) is 9.97 Å². The third-order valence-electron chi connectivity index (χ3n) is 11.7. The SMILES string of the molecule is CCC.c1ccc(-c2ccc(-c3nc(-c4ccc(-c5ccccc5)cc4)nc(-n4c5cc6ccccc6cc5c5cccc(-c6cccc7c6sc6ccccc67)c54)n3)cc2)cc1. The number of fused-ring (bicyclic) bond motifs is 7. The normalized spacial score (nSPS) is 11.4. The zero-order chi connectivity index (χ0) is 42.3. The lowest BCUT2D eigenvalue weighted by Gasteiger charge is -2.14. The van der Waals surface area contributed by atoms with Crippen LogP contribution in [-0.4, -0.2) is 19.5 Å². The molecule has 0 aliphatic heterocycles. The molecule has 3 heterocycles. The first-order valence-corrected chi connectivity index (χ1v) is 22.4. The summed E-state index contributed by atoms with van der Waals surface area (Å²) < 4.78 is 4.83. The van der Waals surface area contributed by atoms with E-state index in [1.54, 1.807) is 0 Å². The van der Waals surface area contributed by atoms with Crippen molar-refractivity contribution in [2.75, 3.05) is 0 Å². The van der Waals surface area contributed by atoms with Crippen molar-refractivity contribution in [1.29, 1.82) is 0 Å². The van der Waals surface area contributed by atoms with Crippen molar-refractivity contribution in [1.82, 2.24) is 19.5 Å². The van der Waals surface area contributed by atoms with Crippen LogP contribution in [0.4, 0.5) is 0 Å². The molecule has 9 aromatic carbocycles. The lowest BCUT2D eigenvalue weighted by Crippen LogP contribution is -2.07. The molecule has 5 heteroatoms. The maximum atomic E-state index is 5.39. The first-order chi connectivity index (χ1) is 31.1. The Morgan fingerprint density at radius 2 is 0.873 bits per heavy atom. The molecule has 63 heavy (non-hydrogen) atoms. The Balaban J connectivity index is 0.00000144. The van der Waals surface area contributed by atoms with E-state index in [9.17, 15) is 0 Å². The molecule has 0 fully saturated rings. The second kappa shape index (κ2) is 16.3. The standard InChI is InChI=1S/C55H34N4S.C3H8/c1-3-13-35(14-4-1)37-25-29-39(30-26-37)53-56-54(40-31-27-38(28-32-40)36-15-5-2-6-16-36)58-55(57-53)59-49-34-42-18-8-7-17-41(42)33-48(49)45-21-11-20-44(51(45)59)47-23-12-22-46-43-19-9-10-24-50(43)60-52(46)47;1-3-2/h1-34H;3H2,1-2H3. The summed E-state index contributed by atoms with van der Waals surface area (Å²) in [5, 5.41) is 7.19. The molecule has 0 spiro atoms. The first-order valence-electron chi connectivity index (χ1n) is 21.6. The van der Waals surface area contributed by atoms with E-state index < -0.39 is 0 Å². The zero-order valence-corrected chi connectivity index (χ0v) is 35.9. The van der Waals surface area contributed by atoms with Gasteiger partial charge >= 0.3 is 0 Å². The maximum Gasteiger partial charge on any atom is 0.238 e. The van der Waals surface area contributed by atoms with Crippen molar-refractivity contribution in [3.05, 3.63) is 206 Å². The van der Waals surface area contributed by atoms with Gasteiger partial charge in [-0.1, -0.05) is 208 Å². The number of nitrogens with zero attached hydrogens (tertiary/aromatic N) is 4. The molecule has 0 N–H and O–H groups in total. The fourth-order valence-electron chi connectivity index (χ4n) is 8.74. The second-order valence-corrected chi connectivity index (χ2v) is 17.0. The van der Waals surface area contributed by atoms with Crippen molar-refractivity contribution >= 4 is 64.1 Å². The number of hydrogen-bond donors (Lipinski definition) is 0. The fraction of sp³-hybridized carbons (Fsp3) is 0.0517. The molecule has 0 radical (unpaired) electrons. The molecule has 3 aromatic heterocycles. The van der Waals surface area contributed by atoms with Crippen molar-refractivity contribution < 1.29 is 0 Å². The van der Waals surface area contributed by atoms with Crippen LogP contribution < -0.4 is 0 Å². The molecule has 4 nitrogen and oxygen atoms in total. The van der Waals surface area contributed by atoms with Crippen LogP contribution in [0.3, 0.4) is 0 Å². The predicted octanol–water partition coefficient (Wildman–Crippen LogP) is 16.2. The van der Waals surface area contributed by atoms with Crippen LogP contribution in [0.1, 0.15) is 20.3 Å². The summed E-state index contributed by atoms with van der Waals surface area (Å²) in [6.45, 7) is 4.25. The summed E-state index contributed by atoms with van der Waals surface area (Å²) in [5.74, 6) is 1.80. The molecule has 0 saturated heterocycles. The Morgan fingerprint density at radius 1 is 0.397 bits per heavy atom. The van der Waals surface area contributed by atoms with Gasteiger partial charge in [0.2, 0.25) is 5.95 Å². The Hall–Kier alpha value is -7.73. The Morgan fingerprint density at radius 3 is 1.49 bits per heavy atom. The molecule has 0 atom stereocenters. The minimum absolute atomic E-state index is 0.570. The zero-order valence-electron chi connectivity index (χ0n) is 35.0. The Kier molecular flexibility index (Phi) is 9.87. The van der Waals surface area contributed by atoms with Crippen LogP contribution in [-0.2, 0) is 0 Å². The molecule has 12 aromatic rings. The summed E-state index contributed by atoms with van der Waals surface area (Å²) in [7, 11) is 0. The second-order valence-electron chi connectivity index (χ2n) is 15.9. The topological polar surface area (TPSA) is 43.6 Å². The molecule has 300 valence electrons. The van der Waals surface area contributed by atoms with Gasteiger partial charge in [-0.25, -0.2) is 4.98 Å². The van der Waals surface area contributed by atoms with Crippen LogP contribution in [0.15, 0.2) is 206 Å². The average molecular weight is 827 g/mol. The molecule has 0 aliphatic carbocycles. The van der Waals surface area contributed by atoms with Gasteiger partial charge in [0, 0.05) is 53.2 Å². The third kappa shape index (κ3) is 6.93. The fourth-order valence-corrected chi connectivity index (χ4v) is 9.97. The molecular formula is C58H42N4S. The number of benzene rings is 9. The van der Waals surface area contributed by atoms with E-state index in [-0.39, 0.29) is 0 Å². The molecular weight excluding hydrogens is 785 g/mol. The lowest BCUT2D eigenvalue weighted by atomic mass is 9.99. The van der Waals surface area contributed by atoms with Gasteiger partial charge in [-0.15, -0.1) is 11.3 Å². The molecule has 12 rings (SSSR count). The average Bonchev–Trinajstić information content (AvgIpc) is 3.90. The van der Waals surface area contributed by atoms with E-state index in [4.69, 9.17) is 15.0 Å². The van der Waals surface area contributed by atoms with E-state index >= 15 is 0 Å². The van der Waals surface area contributed by atoms with Crippen LogP contribution in [0, 0.1) is 0 Å². The van der Waals surface area contributed by atoms with E-state index in [1.165, 1.54) is 48.7 Å². The minimum Gasteiger partial charge on any atom is -0.277 e. The highest BCUT2D eigenvalue weighted by Gasteiger charge is 2.22. The maximum absolute atomic E-state index is 5.39. The van der Waals surface area contributed by atoms with Gasteiger partial charge < -0.3 is 0 Å². The van der Waals surface area contributed by atoms with Gasteiger partial charge in [0.1, 0.15) is 0 Å². The monoisotopic (exact) mass is 826 g/mol. The molecule has 0 amide bonds. The van der Waals surface area contributed by atoms with Crippen LogP contribution >= 0.6 is 11.3 Å². The smallest absolute Gasteiger partial charge is 0.238 e. The molecule has 0 aliphatic rings. The summed E-state index contributed by atoms with van der Waals surface area (Å²) >= 11 is 1.85. The summed E-state index contributed by atoms with van der Waals surface area (Å²) in [6, 6.07) is 73.3. The van der Waals surface area contributed by atoms with Crippen LogP contribution in [0.5, 0.6) is 0 Å². The largest absolute Gasteiger partial charge is 0.277 e. The number of para-hydroxylation sites is 1. The van der Waals surface area contributed by atoms with Gasteiger partial charge in [-0.3, -0.25) is 4.57 Å². The summed E-state index contributed by atoms with van der Waals surface area (Å²) in [4.78, 5) is 16.0. The Labute approximate surface area is 370 Å². The van der Waals surface area contributed by atoms with E-state index in [0.717, 1.165) is 55.0 Å². The van der Waals surface area contributed by atoms with Crippen molar-refractivity contribution in [3.8, 4) is 62.1 Å². The lowest BCUT2D eigenvalue weighted by molar-refractivity contribution is 0.954. The summed E-state index contributed by atoms with van der Waals surface area (Å²) in [5.41, 5.74) is 10.9. The third-order valence-corrected chi connectivity index (χ3v) is 12.9. The number of hydrogen-bond acceptors (Lipinski definition) is 4. The quantitative estimate of drug-likeness (QED) is 0.168. The van der Waals surface area contributed by atoms with Crippen molar-refractivity contribution in [3.63, 3.8) is 0 Å². The van der Waals surface area contributed by atoms with Gasteiger partial charge in [0.25, 0.3) is 0 Å². The van der Waals surface area contributed by atoms with E-state index in [2.05, 4.69) is 213 Å². The van der Waals surface area contributed by atoms with Crippen molar-refractivity contribution in [2.45, 2.75) is 20.3 Å². The van der Waals surface area contributed by atoms with Gasteiger partial charge in [0.15, 0.2) is 11.6 Å². The predicted molar refractivity (Wildman–Crippen MR) is 268 cm³/mol. The minimum atomic E-state index is 0.570. The highest BCUT2D eigenvalue weighted by molar-refractivity contribution is 7.26. The first kappa shape index (κ1) is 38.2. The van der Waals surface area contributed by atoms with Gasteiger partial charge in [0.05, 0.1) is 11.0 Å². The van der Waals surface area contributed by atoms with Crippen molar-refractivity contribution in [2.24, 2.45) is 0 Å². The number of rotatable bonds is 6. The van der Waals surface area contributed by atoms with E-state index in [1.807, 2.05) is 23.5 Å². The molecule has 0 unspecified atom stereocenters. The molecule has 0 bridgehead atoms. The highest BCUT2D eigenvalue weighted by atomic mass is 32.1. The highest BCUT2D eigenvalue weighted by Crippen LogP contribution is 2.45. The van der Waals surface area contributed by atoms with Crippen LogP contribution in [0.2, 0.25) is 0 Å².